The molecule has 7 nitrogen and oxygen atoms in total. The van der Waals surface area contributed by atoms with Crippen molar-refractivity contribution in [2.24, 2.45) is 11.8 Å². The summed E-state index contributed by atoms with van der Waals surface area (Å²) < 4.78 is 0. The number of amides is 3. The number of carbonyl (C=O) groups excluding carboxylic acids is 3. The minimum atomic E-state index is -0.501. The van der Waals surface area contributed by atoms with Crippen molar-refractivity contribution in [1.29, 1.82) is 0 Å². The molecular formula is C23H34N4O3S. The summed E-state index contributed by atoms with van der Waals surface area (Å²) in [6.45, 7) is 8.41. The lowest BCUT2D eigenvalue weighted by Gasteiger charge is -2.30. The third-order valence-electron chi connectivity index (χ3n) is 6.42. The molecule has 0 radical (unpaired) electrons. The molecule has 8 heteroatoms. The van der Waals surface area contributed by atoms with Gasteiger partial charge >= 0.3 is 0 Å². The van der Waals surface area contributed by atoms with Gasteiger partial charge < -0.3 is 20.0 Å². The van der Waals surface area contributed by atoms with E-state index in [1.54, 1.807) is 4.90 Å². The van der Waals surface area contributed by atoms with Crippen molar-refractivity contribution >= 4 is 29.1 Å². The van der Waals surface area contributed by atoms with Crippen LogP contribution in [0.1, 0.15) is 49.2 Å². The minimum absolute atomic E-state index is 0.0273. The van der Waals surface area contributed by atoms with Crippen molar-refractivity contribution in [1.82, 2.24) is 20.0 Å². The van der Waals surface area contributed by atoms with E-state index in [0.29, 0.717) is 43.4 Å². The van der Waals surface area contributed by atoms with E-state index in [-0.39, 0.29) is 29.7 Å². The zero-order chi connectivity index (χ0) is 22.0. The van der Waals surface area contributed by atoms with Gasteiger partial charge in [0.1, 0.15) is 6.04 Å². The average molecular weight is 447 g/mol. The SMILES string of the molecule is CC(C)CN(C(=O)C1CC1)C1CC(C(=O)N2CCCNCC2)N(C(=O)c2cccs2)C1. The van der Waals surface area contributed by atoms with Gasteiger partial charge in [0.25, 0.3) is 5.91 Å². The van der Waals surface area contributed by atoms with Crippen molar-refractivity contribution in [3.63, 3.8) is 0 Å². The van der Waals surface area contributed by atoms with E-state index in [1.807, 2.05) is 27.3 Å². The quantitative estimate of drug-likeness (QED) is 0.726. The molecule has 1 aliphatic carbocycles. The molecule has 1 aromatic rings. The molecule has 4 rings (SSSR count). The third-order valence-corrected chi connectivity index (χ3v) is 7.28. The summed E-state index contributed by atoms with van der Waals surface area (Å²) in [6.07, 6.45) is 3.37. The van der Waals surface area contributed by atoms with Crippen molar-refractivity contribution < 1.29 is 14.4 Å². The Labute approximate surface area is 188 Å². The number of hydrogen-bond acceptors (Lipinski definition) is 5. The van der Waals surface area contributed by atoms with Gasteiger partial charge in [0.15, 0.2) is 0 Å². The fraction of sp³-hybridized carbons (Fsp3) is 0.696. The normalized spacial score (nSPS) is 24.4. The standard InChI is InChI=1S/C23H34N4O3S/c1-16(2)14-26(21(28)17-6-7-17)18-13-19(22(29)25-10-4-8-24-9-11-25)27(15-18)23(30)20-5-3-12-31-20/h3,5,12,16-19,24H,4,6-11,13-15H2,1-2H3. The maximum absolute atomic E-state index is 13.5. The molecule has 3 amide bonds. The highest BCUT2D eigenvalue weighted by molar-refractivity contribution is 7.12. The maximum Gasteiger partial charge on any atom is 0.264 e. The van der Waals surface area contributed by atoms with Gasteiger partial charge in [0.2, 0.25) is 11.8 Å². The highest BCUT2D eigenvalue weighted by atomic mass is 32.1. The number of nitrogens with zero attached hydrogens (tertiary/aromatic N) is 3. The lowest BCUT2D eigenvalue weighted by Crippen LogP contribution is -2.48. The lowest BCUT2D eigenvalue weighted by atomic mass is 10.1. The molecule has 1 N–H and O–H groups in total. The molecule has 2 atom stereocenters. The van der Waals surface area contributed by atoms with Crippen LogP contribution in [-0.4, -0.2) is 83.8 Å². The van der Waals surface area contributed by atoms with E-state index >= 15 is 0 Å². The Bertz CT molecular complexity index is 785. The largest absolute Gasteiger partial charge is 0.340 e. The van der Waals surface area contributed by atoms with Gasteiger partial charge in [0.05, 0.1) is 10.9 Å². The number of carbonyl (C=O) groups is 3. The Morgan fingerprint density at radius 1 is 1.23 bits per heavy atom. The summed E-state index contributed by atoms with van der Waals surface area (Å²) in [6, 6.07) is 3.08. The average Bonchev–Trinajstić information content (AvgIpc) is 3.38. The van der Waals surface area contributed by atoms with Gasteiger partial charge in [-0.25, -0.2) is 0 Å². The van der Waals surface area contributed by atoms with Crippen molar-refractivity contribution in [2.45, 2.75) is 51.6 Å². The fourth-order valence-electron chi connectivity index (χ4n) is 4.69. The zero-order valence-corrected chi connectivity index (χ0v) is 19.4. The minimum Gasteiger partial charge on any atom is -0.340 e. The smallest absolute Gasteiger partial charge is 0.264 e. The van der Waals surface area contributed by atoms with Crippen LogP contribution in [0.5, 0.6) is 0 Å². The molecule has 2 saturated heterocycles. The molecule has 0 bridgehead atoms. The van der Waals surface area contributed by atoms with Gasteiger partial charge in [-0.15, -0.1) is 11.3 Å². The van der Waals surface area contributed by atoms with Crippen LogP contribution in [0.2, 0.25) is 0 Å². The van der Waals surface area contributed by atoms with Crippen molar-refractivity contribution in [3.8, 4) is 0 Å². The van der Waals surface area contributed by atoms with Crippen molar-refractivity contribution in [3.05, 3.63) is 22.4 Å². The van der Waals surface area contributed by atoms with Crippen LogP contribution in [-0.2, 0) is 9.59 Å². The highest BCUT2D eigenvalue weighted by Gasteiger charge is 2.46. The first kappa shape index (κ1) is 22.3. The monoisotopic (exact) mass is 446 g/mol. The number of thiophene rings is 1. The Morgan fingerprint density at radius 3 is 2.71 bits per heavy atom. The molecule has 0 spiro atoms. The van der Waals surface area contributed by atoms with Crippen LogP contribution in [0.3, 0.4) is 0 Å². The summed E-state index contributed by atoms with van der Waals surface area (Å²) in [4.78, 5) is 46.2. The van der Waals surface area contributed by atoms with Crippen LogP contribution < -0.4 is 5.32 Å². The molecule has 2 aliphatic heterocycles. The summed E-state index contributed by atoms with van der Waals surface area (Å²) in [5.41, 5.74) is 0. The second-order valence-electron chi connectivity index (χ2n) is 9.43. The molecule has 0 aromatic carbocycles. The molecule has 3 aliphatic rings. The molecule has 2 unspecified atom stereocenters. The van der Waals surface area contributed by atoms with Gasteiger partial charge in [0, 0.05) is 38.6 Å². The molecule has 3 heterocycles. The Kier molecular flexibility index (Phi) is 6.96. The van der Waals surface area contributed by atoms with Gasteiger partial charge in [-0.2, -0.15) is 0 Å². The molecule has 170 valence electrons. The lowest BCUT2D eigenvalue weighted by molar-refractivity contribution is -0.137. The van der Waals surface area contributed by atoms with E-state index in [9.17, 15) is 14.4 Å². The first-order chi connectivity index (χ1) is 15.0. The van der Waals surface area contributed by atoms with Crippen LogP contribution in [0, 0.1) is 11.8 Å². The summed E-state index contributed by atoms with van der Waals surface area (Å²) in [5, 5.41) is 5.22. The van der Waals surface area contributed by atoms with E-state index in [2.05, 4.69) is 19.2 Å². The fourth-order valence-corrected chi connectivity index (χ4v) is 5.37. The number of likely N-dealkylation sites (tertiary alicyclic amines) is 1. The van der Waals surface area contributed by atoms with Crippen molar-refractivity contribution in [2.75, 3.05) is 39.3 Å². The Balaban J connectivity index is 1.58. The molecule has 1 aromatic heterocycles. The van der Waals surface area contributed by atoms with Crippen LogP contribution in [0.4, 0.5) is 0 Å². The van der Waals surface area contributed by atoms with Gasteiger partial charge in [-0.05, 0) is 49.6 Å². The predicted molar refractivity (Wildman–Crippen MR) is 121 cm³/mol. The van der Waals surface area contributed by atoms with E-state index in [0.717, 1.165) is 32.4 Å². The Hall–Kier alpha value is -1.93. The second kappa shape index (κ2) is 9.69. The summed E-state index contributed by atoms with van der Waals surface area (Å²) in [7, 11) is 0. The van der Waals surface area contributed by atoms with Crippen LogP contribution in [0.15, 0.2) is 17.5 Å². The third kappa shape index (κ3) is 5.12. The van der Waals surface area contributed by atoms with Crippen LogP contribution in [0.25, 0.3) is 0 Å². The Morgan fingerprint density at radius 2 is 2.03 bits per heavy atom. The molecule has 3 fully saturated rings. The molecular weight excluding hydrogens is 412 g/mol. The molecule has 31 heavy (non-hydrogen) atoms. The van der Waals surface area contributed by atoms with E-state index in [4.69, 9.17) is 0 Å². The van der Waals surface area contributed by atoms with E-state index < -0.39 is 6.04 Å². The maximum atomic E-state index is 13.5. The zero-order valence-electron chi connectivity index (χ0n) is 18.6. The summed E-state index contributed by atoms with van der Waals surface area (Å²) in [5.74, 6) is 0.614. The van der Waals surface area contributed by atoms with Gasteiger partial charge in [-0.3, -0.25) is 14.4 Å². The second-order valence-corrected chi connectivity index (χ2v) is 10.4. The van der Waals surface area contributed by atoms with Crippen LogP contribution >= 0.6 is 11.3 Å². The first-order valence-electron chi connectivity index (χ1n) is 11.6. The van der Waals surface area contributed by atoms with E-state index in [1.165, 1.54) is 11.3 Å². The summed E-state index contributed by atoms with van der Waals surface area (Å²) >= 11 is 1.41. The first-order valence-corrected chi connectivity index (χ1v) is 12.5. The van der Waals surface area contributed by atoms with Gasteiger partial charge in [-0.1, -0.05) is 19.9 Å². The number of nitrogens with one attached hydrogen (secondary N) is 1. The molecule has 1 saturated carbocycles. The topological polar surface area (TPSA) is 73.0 Å². The highest BCUT2D eigenvalue weighted by Crippen LogP contribution is 2.35. The predicted octanol–water partition coefficient (Wildman–Crippen LogP) is 2.05. The number of hydrogen-bond donors (Lipinski definition) is 1. The number of rotatable bonds is 6.